The third-order valence-electron chi connectivity index (χ3n) is 2.23. The van der Waals surface area contributed by atoms with Crippen LogP contribution in [0, 0.1) is 5.82 Å². The highest BCUT2D eigenvalue weighted by molar-refractivity contribution is 6.30. The third-order valence-corrected chi connectivity index (χ3v) is 2.52. The summed E-state index contributed by atoms with van der Waals surface area (Å²) in [6.45, 7) is 0. The van der Waals surface area contributed by atoms with Crippen LogP contribution in [0.25, 0.3) is 0 Å². The number of nitrogens with zero attached hydrogens (tertiary/aromatic N) is 2. The van der Waals surface area contributed by atoms with Gasteiger partial charge in [0, 0.05) is 6.07 Å². The van der Waals surface area contributed by atoms with Gasteiger partial charge in [-0.1, -0.05) is 16.8 Å². The lowest BCUT2D eigenvalue weighted by Gasteiger charge is -2.06. The first-order valence-corrected chi connectivity index (χ1v) is 5.55. The average molecular weight is 282 g/mol. The number of rotatable bonds is 3. The standard InChI is InChI=1S/C12H9ClFN3O2/c13-9-5-7(1-3-10(9)14)19-8-2-4-11(16-6-8)12(15)17-18/h1-6,18H,(H2,15,17). The Kier molecular flexibility index (Phi) is 3.82. The van der Waals surface area contributed by atoms with Crippen LogP contribution in [-0.2, 0) is 0 Å². The molecule has 7 heteroatoms. The Hall–Kier alpha value is -2.34. The van der Waals surface area contributed by atoms with E-state index in [0.29, 0.717) is 17.2 Å². The first-order chi connectivity index (χ1) is 9.10. The van der Waals surface area contributed by atoms with Gasteiger partial charge in [0.1, 0.15) is 23.0 Å². The summed E-state index contributed by atoms with van der Waals surface area (Å²) in [7, 11) is 0. The number of hydrogen-bond donors (Lipinski definition) is 2. The fourth-order valence-electron chi connectivity index (χ4n) is 1.32. The van der Waals surface area contributed by atoms with Gasteiger partial charge in [0.25, 0.3) is 0 Å². The van der Waals surface area contributed by atoms with Crippen LogP contribution >= 0.6 is 11.6 Å². The number of nitrogens with two attached hydrogens (primary N) is 1. The number of oxime groups is 1. The fourth-order valence-corrected chi connectivity index (χ4v) is 1.49. The van der Waals surface area contributed by atoms with Crippen LogP contribution < -0.4 is 10.5 Å². The second-order valence-electron chi connectivity index (χ2n) is 3.54. The van der Waals surface area contributed by atoms with E-state index in [1.165, 1.54) is 30.5 Å². The molecule has 0 bridgehead atoms. The summed E-state index contributed by atoms with van der Waals surface area (Å²) in [5.74, 6) is 0.174. The minimum Gasteiger partial charge on any atom is -0.456 e. The molecule has 0 saturated carbocycles. The number of halogens is 2. The first kappa shape index (κ1) is 13.1. The maximum Gasteiger partial charge on any atom is 0.188 e. The third kappa shape index (κ3) is 3.11. The van der Waals surface area contributed by atoms with Gasteiger partial charge in [0.05, 0.1) is 11.2 Å². The molecule has 5 nitrogen and oxygen atoms in total. The Morgan fingerprint density at radius 2 is 2.05 bits per heavy atom. The SMILES string of the molecule is N/C(=N/O)c1ccc(Oc2ccc(F)c(Cl)c2)cn1. The number of hydrogen-bond acceptors (Lipinski definition) is 4. The molecule has 1 aromatic heterocycles. The molecule has 1 aromatic carbocycles. The number of benzene rings is 1. The second kappa shape index (κ2) is 5.53. The Bertz CT molecular complexity index is 617. The van der Waals surface area contributed by atoms with Crippen LogP contribution in [0.4, 0.5) is 4.39 Å². The number of aromatic nitrogens is 1. The number of ether oxygens (including phenoxy) is 1. The lowest BCUT2D eigenvalue weighted by molar-refractivity contribution is 0.318. The molecule has 0 atom stereocenters. The van der Waals surface area contributed by atoms with Crippen molar-refractivity contribution in [2.75, 3.05) is 0 Å². The van der Waals surface area contributed by atoms with Gasteiger partial charge in [-0.15, -0.1) is 0 Å². The van der Waals surface area contributed by atoms with Crippen molar-refractivity contribution in [2.45, 2.75) is 0 Å². The van der Waals surface area contributed by atoms with Crippen molar-refractivity contribution in [1.82, 2.24) is 4.98 Å². The van der Waals surface area contributed by atoms with Crippen LogP contribution in [0.15, 0.2) is 41.7 Å². The first-order valence-electron chi connectivity index (χ1n) is 5.17. The average Bonchev–Trinajstić information content (AvgIpc) is 2.43. The van der Waals surface area contributed by atoms with Gasteiger partial charge in [-0.05, 0) is 24.3 Å². The molecule has 0 unspecified atom stereocenters. The summed E-state index contributed by atoms with van der Waals surface area (Å²) < 4.78 is 18.4. The molecule has 0 fully saturated rings. The Labute approximate surface area is 113 Å². The van der Waals surface area contributed by atoms with Gasteiger partial charge >= 0.3 is 0 Å². The van der Waals surface area contributed by atoms with Gasteiger partial charge in [0.15, 0.2) is 5.84 Å². The maximum absolute atomic E-state index is 13.0. The molecule has 0 amide bonds. The van der Waals surface area contributed by atoms with E-state index in [4.69, 9.17) is 27.3 Å². The zero-order valence-corrected chi connectivity index (χ0v) is 10.3. The smallest absolute Gasteiger partial charge is 0.188 e. The summed E-state index contributed by atoms with van der Waals surface area (Å²) in [6, 6.07) is 7.11. The van der Waals surface area contributed by atoms with Gasteiger partial charge < -0.3 is 15.7 Å². The molecular formula is C12H9ClFN3O2. The van der Waals surface area contributed by atoms with Gasteiger partial charge in [-0.2, -0.15) is 0 Å². The molecule has 0 aliphatic heterocycles. The normalized spacial score (nSPS) is 11.4. The van der Waals surface area contributed by atoms with Crippen LogP contribution in [0.5, 0.6) is 11.5 Å². The topological polar surface area (TPSA) is 80.7 Å². The van der Waals surface area contributed by atoms with E-state index in [-0.39, 0.29) is 10.9 Å². The predicted octanol–water partition coefficient (Wildman–Crippen LogP) is 2.76. The molecule has 2 aromatic rings. The van der Waals surface area contributed by atoms with E-state index in [2.05, 4.69) is 10.1 Å². The largest absolute Gasteiger partial charge is 0.456 e. The molecule has 1 heterocycles. The van der Waals surface area contributed by atoms with Crippen molar-refractivity contribution < 1.29 is 14.3 Å². The minimum atomic E-state index is -0.519. The van der Waals surface area contributed by atoms with E-state index in [1.807, 2.05) is 0 Å². The van der Waals surface area contributed by atoms with Crippen LogP contribution in [-0.4, -0.2) is 16.0 Å². The van der Waals surface area contributed by atoms with E-state index >= 15 is 0 Å². The fraction of sp³-hybridized carbons (Fsp3) is 0. The molecule has 0 radical (unpaired) electrons. The van der Waals surface area contributed by atoms with E-state index < -0.39 is 5.82 Å². The van der Waals surface area contributed by atoms with Crippen molar-refractivity contribution in [3.8, 4) is 11.5 Å². The number of pyridine rings is 1. The Morgan fingerprint density at radius 1 is 1.32 bits per heavy atom. The van der Waals surface area contributed by atoms with Crippen molar-refractivity contribution in [3.05, 3.63) is 53.1 Å². The monoisotopic (exact) mass is 281 g/mol. The number of amidine groups is 1. The van der Waals surface area contributed by atoms with Crippen LogP contribution in [0.3, 0.4) is 0 Å². The molecule has 19 heavy (non-hydrogen) atoms. The summed E-state index contributed by atoms with van der Waals surface area (Å²) in [4.78, 5) is 3.94. The van der Waals surface area contributed by atoms with Crippen LogP contribution in [0.2, 0.25) is 5.02 Å². The van der Waals surface area contributed by atoms with E-state index in [9.17, 15) is 4.39 Å². The summed E-state index contributed by atoms with van der Waals surface area (Å²) in [5, 5.41) is 11.3. The summed E-state index contributed by atoms with van der Waals surface area (Å²) >= 11 is 5.63. The van der Waals surface area contributed by atoms with Crippen molar-refractivity contribution >= 4 is 17.4 Å². The quantitative estimate of drug-likeness (QED) is 0.392. The van der Waals surface area contributed by atoms with Gasteiger partial charge in [-0.25, -0.2) is 9.37 Å². The van der Waals surface area contributed by atoms with Crippen molar-refractivity contribution in [2.24, 2.45) is 10.9 Å². The molecule has 3 N–H and O–H groups in total. The molecule has 0 aliphatic carbocycles. The lowest BCUT2D eigenvalue weighted by Crippen LogP contribution is -2.14. The second-order valence-corrected chi connectivity index (χ2v) is 3.95. The molecular weight excluding hydrogens is 273 g/mol. The molecule has 2 rings (SSSR count). The van der Waals surface area contributed by atoms with Crippen LogP contribution in [0.1, 0.15) is 5.69 Å². The molecule has 98 valence electrons. The van der Waals surface area contributed by atoms with Crippen molar-refractivity contribution in [3.63, 3.8) is 0 Å². The summed E-state index contributed by atoms with van der Waals surface area (Å²) in [6.07, 6.45) is 1.39. The predicted molar refractivity (Wildman–Crippen MR) is 68.2 cm³/mol. The van der Waals surface area contributed by atoms with E-state index in [0.717, 1.165) is 0 Å². The highest BCUT2D eigenvalue weighted by Gasteiger charge is 2.05. The zero-order valence-electron chi connectivity index (χ0n) is 9.55. The highest BCUT2D eigenvalue weighted by atomic mass is 35.5. The van der Waals surface area contributed by atoms with E-state index in [1.54, 1.807) is 6.07 Å². The maximum atomic E-state index is 13.0. The summed E-state index contributed by atoms with van der Waals surface area (Å²) in [5.41, 5.74) is 5.68. The molecule has 0 spiro atoms. The molecule has 0 aliphatic rings. The highest BCUT2D eigenvalue weighted by Crippen LogP contribution is 2.25. The minimum absolute atomic E-state index is 0.0289. The van der Waals surface area contributed by atoms with Crippen molar-refractivity contribution in [1.29, 1.82) is 0 Å². The zero-order chi connectivity index (χ0) is 13.8. The Balaban J connectivity index is 2.17. The lowest BCUT2D eigenvalue weighted by atomic mass is 10.3. The van der Waals surface area contributed by atoms with Gasteiger partial charge in [0.2, 0.25) is 0 Å². The van der Waals surface area contributed by atoms with Gasteiger partial charge in [-0.3, -0.25) is 0 Å². The molecule has 0 saturated heterocycles. The Morgan fingerprint density at radius 3 is 2.63 bits per heavy atom.